The number of benzene rings is 1. The Morgan fingerprint density at radius 3 is 2.66 bits per heavy atom. The molecule has 2 aliphatic rings. The van der Waals surface area contributed by atoms with Crippen molar-refractivity contribution < 1.29 is 13.2 Å². The topological polar surface area (TPSA) is 105 Å². The number of carbonyl (C=O) groups is 1. The number of sulfonamides is 1. The second-order valence-electron chi connectivity index (χ2n) is 9.17. The molecule has 1 aromatic carbocycles. The summed E-state index contributed by atoms with van der Waals surface area (Å²) in [6.45, 7) is 6.08. The van der Waals surface area contributed by atoms with Gasteiger partial charge < -0.3 is 9.80 Å². The van der Waals surface area contributed by atoms with E-state index in [1.807, 2.05) is 23.1 Å². The fourth-order valence-corrected chi connectivity index (χ4v) is 6.50. The van der Waals surface area contributed by atoms with Crippen LogP contribution in [-0.2, 0) is 21.4 Å². The molecule has 4 heterocycles. The minimum Gasteiger partial charge on any atom is -0.353 e. The van der Waals surface area contributed by atoms with Gasteiger partial charge in [-0.1, -0.05) is 18.2 Å². The van der Waals surface area contributed by atoms with Gasteiger partial charge in [-0.3, -0.25) is 4.79 Å². The van der Waals surface area contributed by atoms with Gasteiger partial charge in [0.05, 0.1) is 16.3 Å². The van der Waals surface area contributed by atoms with Crippen molar-refractivity contribution in [2.45, 2.75) is 37.6 Å². The van der Waals surface area contributed by atoms with Crippen molar-refractivity contribution in [3.63, 3.8) is 0 Å². The Hall–Kier alpha value is -3.05. The molecule has 0 unspecified atom stereocenters. The van der Waals surface area contributed by atoms with Gasteiger partial charge in [-0.25, -0.2) is 18.1 Å². The summed E-state index contributed by atoms with van der Waals surface area (Å²) in [4.78, 5) is 21.9. The molecule has 0 radical (unpaired) electrons. The van der Waals surface area contributed by atoms with Crippen molar-refractivity contribution in [3.05, 3.63) is 42.6 Å². The molecule has 0 aliphatic carbocycles. The molecule has 1 amide bonds. The number of piperazine rings is 1. The Morgan fingerprint density at radius 2 is 1.91 bits per heavy atom. The molecule has 2 saturated heterocycles. The normalized spacial score (nSPS) is 19.9. The molecule has 5 rings (SSSR count). The van der Waals surface area contributed by atoms with Crippen molar-refractivity contribution in [1.82, 2.24) is 29.2 Å². The average Bonchev–Trinajstić information content (AvgIpc) is 3.31. The molecule has 35 heavy (non-hydrogen) atoms. The standard InChI is InChI=1S/C24H31N7O3S/c1-2-11-31-22-9-8-20(17-21(22)26-27-31)35(33,34)30-12-5-6-19(18-30)24(32)29-15-13-28(14-16-29)23-7-3-4-10-25-23/h3-4,7-10,17,19H,2,5-6,11-16,18H2,1H3/t19-/m1/s1. The summed E-state index contributed by atoms with van der Waals surface area (Å²) >= 11 is 0. The Morgan fingerprint density at radius 1 is 1.09 bits per heavy atom. The lowest BCUT2D eigenvalue weighted by molar-refractivity contribution is -0.137. The van der Waals surface area contributed by atoms with E-state index >= 15 is 0 Å². The molecule has 186 valence electrons. The van der Waals surface area contributed by atoms with Gasteiger partial charge >= 0.3 is 0 Å². The molecule has 3 aromatic rings. The van der Waals surface area contributed by atoms with Gasteiger partial charge in [0.1, 0.15) is 11.3 Å². The van der Waals surface area contributed by atoms with E-state index in [-0.39, 0.29) is 23.3 Å². The van der Waals surface area contributed by atoms with Crippen molar-refractivity contribution in [1.29, 1.82) is 0 Å². The SMILES string of the molecule is CCCn1nnc2cc(S(=O)(=O)N3CCC[C@@H](C(=O)N4CCN(c5ccccn5)CC4)C3)ccc21. The number of rotatable bonds is 6. The van der Waals surface area contributed by atoms with Crippen LogP contribution in [0.4, 0.5) is 5.82 Å². The monoisotopic (exact) mass is 497 g/mol. The smallest absolute Gasteiger partial charge is 0.243 e. The fraction of sp³-hybridized carbons (Fsp3) is 0.500. The third kappa shape index (κ3) is 4.74. The zero-order valence-corrected chi connectivity index (χ0v) is 20.8. The Balaban J connectivity index is 1.25. The molecule has 2 aliphatic heterocycles. The summed E-state index contributed by atoms with van der Waals surface area (Å²) in [5.74, 6) is 0.638. The number of fused-ring (bicyclic) bond motifs is 1. The van der Waals surface area contributed by atoms with E-state index in [1.54, 1.807) is 29.1 Å². The van der Waals surface area contributed by atoms with Gasteiger partial charge in [0.15, 0.2) is 0 Å². The number of piperidine rings is 1. The number of aromatic nitrogens is 4. The zero-order chi connectivity index (χ0) is 24.4. The number of hydrogen-bond acceptors (Lipinski definition) is 7. The van der Waals surface area contributed by atoms with E-state index in [9.17, 15) is 13.2 Å². The van der Waals surface area contributed by atoms with Crippen LogP contribution in [0.25, 0.3) is 11.0 Å². The lowest BCUT2D eigenvalue weighted by Gasteiger charge is -2.39. The molecular weight excluding hydrogens is 466 g/mol. The van der Waals surface area contributed by atoms with Crippen LogP contribution >= 0.6 is 0 Å². The van der Waals surface area contributed by atoms with E-state index in [2.05, 4.69) is 27.1 Å². The summed E-state index contributed by atoms with van der Waals surface area (Å²) < 4.78 is 30.1. The Labute approximate surface area is 205 Å². The molecule has 10 nitrogen and oxygen atoms in total. The summed E-state index contributed by atoms with van der Waals surface area (Å²) in [7, 11) is -3.73. The van der Waals surface area contributed by atoms with E-state index in [0.29, 0.717) is 38.0 Å². The number of pyridine rings is 1. The fourth-order valence-electron chi connectivity index (χ4n) is 4.96. The van der Waals surface area contributed by atoms with Crippen LogP contribution in [0.2, 0.25) is 0 Å². The lowest BCUT2D eigenvalue weighted by Crippen LogP contribution is -2.53. The summed E-state index contributed by atoms with van der Waals surface area (Å²) in [6, 6.07) is 10.8. The summed E-state index contributed by atoms with van der Waals surface area (Å²) in [6.07, 6.45) is 4.06. The van der Waals surface area contributed by atoms with E-state index in [4.69, 9.17) is 0 Å². The maximum atomic E-state index is 13.4. The van der Waals surface area contributed by atoms with Crippen molar-refractivity contribution >= 4 is 32.8 Å². The van der Waals surface area contributed by atoms with Crippen LogP contribution in [0.1, 0.15) is 26.2 Å². The predicted molar refractivity (Wildman–Crippen MR) is 132 cm³/mol. The van der Waals surface area contributed by atoms with Crippen molar-refractivity contribution in [2.24, 2.45) is 5.92 Å². The first kappa shape index (κ1) is 23.7. The first-order valence-electron chi connectivity index (χ1n) is 12.3. The molecule has 1 atom stereocenters. The molecule has 2 aromatic heterocycles. The third-order valence-corrected chi connectivity index (χ3v) is 8.72. The van der Waals surface area contributed by atoms with Crippen LogP contribution in [-0.4, -0.2) is 82.8 Å². The van der Waals surface area contributed by atoms with E-state index in [1.165, 1.54) is 4.31 Å². The quantitative estimate of drug-likeness (QED) is 0.513. The molecule has 0 spiro atoms. The number of aryl methyl sites for hydroxylation is 1. The van der Waals surface area contributed by atoms with Gasteiger partial charge in [0, 0.05) is 52.0 Å². The van der Waals surface area contributed by atoms with Crippen molar-refractivity contribution in [3.8, 4) is 0 Å². The highest BCUT2D eigenvalue weighted by Crippen LogP contribution is 2.27. The van der Waals surface area contributed by atoms with Gasteiger partial charge in [-0.05, 0) is 49.6 Å². The van der Waals surface area contributed by atoms with Crippen LogP contribution in [0.3, 0.4) is 0 Å². The summed E-state index contributed by atoms with van der Waals surface area (Å²) in [5, 5.41) is 8.28. The summed E-state index contributed by atoms with van der Waals surface area (Å²) in [5.41, 5.74) is 1.39. The minimum atomic E-state index is -3.73. The highest BCUT2D eigenvalue weighted by molar-refractivity contribution is 7.89. The largest absolute Gasteiger partial charge is 0.353 e. The van der Waals surface area contributed by atoms with Gasteiger partial charge in [-0.15, -0.1) is 5.10 Å². The maximum absolute atomic E-state index is 13.4. The van der Waals surface area contributed by atoms with Crippen LogP contribution in [0, 0.1) is 5.92 Å². The minimum absolute atomic E-state index is 0.0449. The number of carbonyl (C=O) groups excluding carboxylic acids is 1. The number of hydrogen-bond donors (Lipinski definition) is 0. The number of nitrogens with zero attached hydrogens (tertiary/aromatic N) is 7. The number of amides is 1. The van der Waals surface area contributed by atoms with E-state index < -0.39 is 10.0 Å². The molecule has 11 heteroatoms. The number of anilines is 1. The Bertz CT molecular complexity index is 1290. The highest BCUT2D eigenvalue weighted by atomic mass is 32.2. The lowest BCUT2D eigenvalue weighted by atomic mass is 9.98. The van der Waals surface area contributed by atoms with E-state index in [0.717, 1.165) is 37.4 Å². The van der Waals surface area contributed by atoms with Crippen LogP contribution < -0.4 is 4.90 Å². The van der Waals surface area contributed by atoms with Crippen LogP contribution in [0.5, 0.6) is 0 Å². The van der Waals surface area contributed by atoms with Gasteiger partial charge in [0.2, 0.25) is 15.9 Å². The second kappa shape index (κ2) is 9.90. The average molecular weight is 498 g/mol. The molecule has 0 saturated carbocycles. The second-order valence-corrected chi connectivity index (χ2v) is 11.1. The van der Waals surface area contributed by atoms with Gasteiger partial charge in [0.25, 0.3) is 0 Å². The zero-order valence-electron chi connectivity index (χ0n) is 20.0. The maximum Gasteiger partial charge on any atom is 0.243 e. The van der Waals surface area contributed by atoms with Crippen LogP contribution in [0.15, 0.2) is 47.5 Å². The molecule has 0 N–H and O–H groups in total. The Kier molecular flexibility index (Phi) is 6.70. The highest BCUT2D eigenvalue weighted by Gasteiger charge is 2.36. The predicted octanol–water partition coefficient (Wildman–Crippen LogP) is 1.99. The molecular formula is C24H31N7O3S. The molecule has 2 fully saturated rings. The molecule has 0 bridgehead atoms. The van der Waals surface area contributed by atoms with Crippen molar-refractivity contribution in [2.75, 3.05) is 44.2 Å². The first-order chi connectivity index (χ1) is 17.0. The third-order valence-electron chi connectivity index (χ3n) is 6.86. The van der Waals surface area contributed by atoms with Gasteiger partial charge in [-0.2, -0.15) is 4.31 Å². The first-order valence-corrected chi connectivity index (χ1v) is 13.7.